The highest BCUT2D eigenvalue weighted by molar-refractivity contribution is 7.16. The molecule has 2 amide bonds. The lowest BCUT2D eigenvalue weighted by Crippen LogP contribution is -2.11. The molecule has 0 aliphatic carbocycles. The second-order valence-corrected chi connectivity index (χ2v) is 7.43. The number of thiophene rings is 1. The van der Waals surface area contributed by atoms with E-state index in [1.807, 2.05) is 12.1 Å². The third-order valence-electron chi connectivity index (χ3n) is 3.98. The summed E-state index contributed by atoms with van der Waals surface area (Å²) in [6.45, 7) is 0. The topological polar surface area (TPSA) is 88.9 Å². The van der Waals surface area contributed by atoms with Gasteiger partial charge in [0.1, 0.15) is 12.7 Å². The van der Waals surface area contributed by atoms with E-state index in [-0.39, 0.29) is 11.8 Å². The van der Waals surface area contributed by atoms with Crippen molar-refractivity contribution in [3.63, 3.8) is 0 Å². The van der Waals surface area contributed by atoms with Crippen LogP contribution in [0.15, 0.2) is 73.3 Å². The predicted molar refractivity (Wildman–Crippen MR) is 113 cm³/mol. The van der Waals surface area contributed by atoms with Gasteiger partial charge in [-0.3, -0.25) is 9.59 Å². The van der Waals surface area contributed by atoms with Gasteiger partial charge in [0.15, 0.2) is 0 Å². The average molecular weight is 424 g/mol. The number of rotatable bonds is 5. The normalized spacial score (nSPS) is 10.5. The van der Waals surface area contributed by atoms with Gasteiger partial charge in [0.05, 0.1) is 26.2 Å². The highest BCUT2D eigenvalue weighted by Crippen LogP contribution is 2.24. The number of hydrogen-bond donors (Lipinski definition) is 2. The van der Waals surface area contributed by atoms with Gasteiger partial charge in [-0.25, -0.2) is 9.67 Å². The van der Waals surface area contributed by atoms with E-state index in [2.05, 4.69) is 20.7 Å². The van der Waals surface area contributed by atoms with Gasteiger partial charge in [-0.1, -0.05) is 23.7 Å². The summed E-state index contributed by atoms with van der Waals surface area (Å²) < 4.78 is 1.62. The molecule has 0 aliphatic rings. The lowest BCUT2D eigenvalue weighted by atomic mass is 10.2. The standard InChI is InChI=1S/C20H14ClN5O2S/c21-15-3-1-2-4-16(15)25-20(28)18-10-9-17(29-18)19(27)24-13-5-7-14(8-6-13)26-12-22-11-23-26/h1-12H,(H,24,27)(H,25,28). The molecule has 2 aromatic heterocycles. The van der Waals surface area contributed by atoms with E-state index in [0.717, 1.165) is 17.0 Å². The number of aromatic nitrogens is 3. The number of carbonyl (C=O) groups excluding carboxylic acids is 2. The highest BCUT2D eigenvalue weighted by Gasteiger charge is 2.15. The van der Waals surface area contributed by atoms with E-state index in [1.54, 1.807) is 59.5 Å². The zero-order chi connectivity index (χ0) is 20.2. The zero-order valence-corrected chi connectivity index (χ0v) is 16.4. The molecule has 29 heavy (non-hydrogen) atoms. The lowest BCUT2D eigenvalue weighted by molar-refractivity contribution is 0.102. The third-order valence-corrected chi connectivity index (χ3v) is 5.40. The summed E-state index contributed by atoms with van der Waals surface area (Å²) in [5.41, 5.74) is 1.98. The minimum Gasteiger partial charge on any atom is -0.321 e. The molecule has 0 aliphatic heterocycles. The first kappa shape index (κ1) is 18.9. The maximum Gasteiger partial charge on any atom is 0.265 e. The summed E-state index contributed by atoms with van der Waals surface area (Å²) in [4.78, 5) is 29.6. The number of halogens is 1. The second kappa shape index (κ2) is 8.26. The van der Waals surface area contributed by atoms with Gasteiger partial charge in [-0.15, -0.1) is 11.3 Å². The molecule has 2 heterocycles. The van der Waals surface area contributed by atoms with Crippen molar-refractivity contribution < 1.29 is 9.59 Å². The van der Waals surface area contributed by atoms with Crippen LogP contribution in [-0.4, -0.2) is 26.6 Å². The van der Waals surface area contributed by atoms with Crippen molar-refractivity contribution in [2.24, 2.45) is 0 Å². The fourth-order valence-electron chi connectivity index (χ4n) is 2.56. The minimum atomic E-state index is -0.320. The molecule has 2 aromatic carbocycles. The molecule has 0 bridgehead atoms. The van der Waals surface area contributed by atoms with Crippen molar-refractivity contribution in [1.82, 2.24) is 14.8 Å². The van der Waals surface area contributed by atoms with Crippen LogP contribution in [0.5, 0.6) is 0 Å². The van der Waals surface area contributed by atoms with Gasteiger partial charge in [-0.2, -0.15) is 5.10 Å². The third kappa shape index (κ3) is 4.34. The second-order valence-electron chi connectivity index (χ2n) is 5.94. The Morgan fingerprint density at radius 1 is 0.897 bits per heavy atom. The summed E-state index contributed by atoms with van der Waals surface area (Å²) in [5, 5.41) is 10.1. The molecular formula is C20H14ClN5O2S. The first-order chi connectivity index (χ1) is 14.1. The Hall–Kier alpha value is -3.49. The molecule has 0 fully saturated rings. The molecule has 0 spiro atoms. The van der Waals surface area contributed by atoms with Crippen LogP contribution in [0.3, 0.4) is 0 Å². The number of para-hydroxylation sites is 1. The Morgan fingerprint density at radius 2 is 1.59 bits per heavy atom. The largest absolute Gasteiger partial charge is 0.321 e. The fraction of sp³-hybridized carbons (Fsp3) is 0. The van der Waals surface area contributed by atoms with E-state index < -0.39 is 0 Å². The quantitative estimate of drug-likeness (QED) is 0.495. The summed E-state index contributed by atoms with van der Waals surface area (Å²) in [5.74, 6) is -0.611. The monoisotopic (exact) mass is 423 g/mol. The van der Waals surface area contributed by atoms with Crippen LogP contribution in [-0.2, 0) is 0 Å². The SMILES string of the molecule is O=C(Nc1ccc(-n2cncn2)cc1)c1ccc(C(=O)Nc2ccccc2Cl)s1. The number of hydrogen-bond acceptors (Lipinski definition) is 5. The van der Waals surface area contributed by atoms with Crippen molar-refractivity contribution in [3.8, 4) is 5.69 Å². The Kier molecular flexibility index (Phi) is 5.37. The molecule has 0 atom stereocenters. The van der Waals surface area contributed by atoms with E-state index in [0.29, 0.717) is 26.2 Å². The average Bonchev–Trinajstić information content (AvgIpc) is 3.43. The smallest absolute Gasteiger partial charge is 0.265 e. The number of carbonyl (C=O) groups is 2. The van der Waals surface area contributed by atoms with E-state index in [9.17, 15) is 9.59 Å². The molecule has 144 valence electrons. The first-order valence-corrected chi connectivity index (χ1v) is 9.72. The predicted octanol–water partition coefficient (Wildman–Crippen LogP) is 4.49. The number of benzene rings is 2. The van der Waals surface area contributed by atoms with Crippen molar-refractivity contribution in [1.29, 1.82) is 0 Å². The fourth-order valence-corrected chi connectivity index (χ4v) is 3.54. The van der Waals surface area contributed by atoms with Gasteiger partial charge >= 0.3 is 0 Å². The van der Waals surface area contributed by atoms with Gasteiger partial charge in [0.25, 0.3) is 11.8 Å². The zero-order valence-electron chi connectivity index (χ0n) is 14.9. The number of anilines is 2. The molecule has 7 nitrogen and oxygen atoms in total. The molecule has 0 radical (unpaired) electrons. The molecular weight excluding hydrogens is 410 g/mol. The maximum atomic E-state index is 12.5. The van der Waals surface area contributed by atoms with Crippen LogP contribution in [0.4, 0.5) is 11.4 Å². The number of amides is 2. The molecule has 4 rings (SSSR count). The van der Waals surface area contributed by atoms with Crippen LogP contribution < -0.4 is 10.6 Å². The van der Waals surface area contributed by atoms with Crippen molar-refractivity contribution in [2.75, 3.05) is 10.6 Å². The highest BCUT2D eigenvalue weighted by atomic mass is 35.5. The van der Waals surface area contributed by atoms with Crippen LogP contribution in [0.1, 0.15) is 19.3 Å². The van der Waals surface area contributed by atoms with Crippen LogP contribution in [0.2, 0.25) is 5.02 Å². The first-order valence-electron chi connectivity index (χ1n) is 8.52. The van der Waals surface area contributed by atoms with Crippen molar-refractivity contribution in [2.45, 2.75) is 0 Å². The van der Waals surface area contributed by atoms with Gasteiger partial charge in [0, 0.05) is 5.69 Å². The van der Waals surface area contributed by atoms with Gasteiger partial charge in [-0.05, 0) is 48.5 Å². The molecule has 2 N–H and O–H groups in total. The molecule has 4 aromatic rings. The van der Waals surface area contributed by atoms with Crippen LogP contribution in [0.25, 0.3) is 5.69 Å². The Labute approximate surface area is 175 Å². The maximum absolute atomic E-state index is 12.5. The van der Waals surface area contributed by atoms with Crippen LogP contribution >= 0.6 is 22.9 Å². The molecule has 0 saturated heterocycles. The Bertz CT molecular complexity index is 1160. The summed E-state index contributed by atoms with van der Waals surface area (Å²) in [6, 6.07) is 17.4. The Balaban J connectivity index is 1.42. The molecule has 0 saturated carbocycles. The van der Waals surface area contributed by atoms with Crippen molar-refractivity contribution in [3.05, 3.63) is 88.1 Å². The number of nitrogens with one attached hydrogen (secondary N) is 2. The number of nitrogens with zero attached hydrogens (tertiary/aromatic N) is 3. The van der Waals surface area contributed by atoms with Gasteiger partial charge in [0.2, 0.25) is 0 Å². The molecule has 0 unspecified atom stereocenters. The lowest BCUT2D eigenvalue weighted by Gasteiger charge is -2.06. The molecule has 9 heteroatoms. The van der Waals surface area contributed by atoms with Crippen molar-refractivity contribution >= 4 is 46.1 Å². The van der Waals surface area contributed by atoms with Crippen LogP contribution in [0, 0.1) is 0 Å². The summed E-state index contributed by atoms with van der Waals surface area (Å²) >= 11 is 7.17. The summed E-state index contributed by atoms with van der Waals surface area (Å²) in [7, 11) is 0. The van der Waals surface area contributed by atoms with Gasteiger partial charge < -0.3 is 10.6 Å². The Morgan fingerprint density at radius 3 is 2.24 bits per heavy atom. The van der Waals surface area contributed by atoms with E-state index >= 15 is 0 Å². The van der Waals surface area contributed by atoms with E-state index in [4.69, 9.17) is 11.6 Å². The minimum absolute atomic E-state index is 0.291. The van der Waals surface area contributed by atoms with E-state index in [1.165, 1.54) is 6.33 Å². The summed E-state index contributed by atoms with van der Waals surface area (Å²) in [6.07, 6.45) is 3.04.